The average Bonchev–Trinajstić information content (AvgIpc) is 2.72. The Balaban J connectivity index is 1.88. The monoisotopic (exact) mass is 407 g/mol. The molecule has 1 aromatic heterocycles. The molecule has 0 atom stereocenters. The molecule has 0 bridgehead atoms. The van der Waals surface area contributed by atoms with Gasteiger partial charge in [0.2, 0.25) is 0 Å². The highest BCUT2D eigenvalue weighted by Crippen LogP contribution is 2.25. The zero-order valence-electron chi connectivity index (χ0n) is 15.1. The Morgan fingerprint density at radius 1 is 0.821 bits per heavy atom. The van der Waals surface area contributed by atoms with E-state index < -0.39 is 6.92 Å². The van der Waals surface area contributed by atoms with Crippen molar-refractivity contribution in [2.24, 2.45) is 0 Å². The van der Waals surface area contributed by atoms with Gasteiger partial charge in [0.1, 0.15) is 17.0 Å². The third kappa shape index (κ3) is 3.79. The Morgan fingerprint density at radius 2 is 1.61 bits per heavy atom. The lowest BCUT2D eigenvalue weighted by atomic mass is 9.55. The van der Waals surface area contributed by atoms with Crippen LogP contribution in [0.5, 0.6) is 11.5 Å². The molecule has 0 spiro atoms. The molecular formula is C22H16BCl2NO2. The molecule has 0 fully saturated rings. The van der Waals surface area contributed by atoms with E-state index in [-0.39, 0.29) is 0 Å². The van der Waals surface area contributed by atoms with Gasteiger partial charge >= 0.3 is 6.92 Å². The third-order valence-electron chi connectivity index (χ3n) is 4.47. The van der Waals surface area contributed by atoms with Crippen LogP contribution in [0.2, 0.25) is 10.0 Å². The summed E-state index contributed by atoms with van der Waals surface area (Å²) in [6.45, 7) is -0.472. The second kappa shape index (κ2) is 8.13. The first-order chi connectivity index (χ1) is 13.7. The largest absolute Gasteiger partial charge is 0.550 e. The summed E-state index contributed by atoms with van der Waals surface area (Å²) in [5, 5.41) is 2.23. The minimum atomic E-state index is -0.472. The van der Waals surface area contributed by atoms with E-state index in [1.807, 2.05) is 66.7 Å². The lowest BCUT2D eigenvalue weighted by Gasteiger charge is -2.20. The van der Waals surface area contributed by atoms with Crippen LogP contribution in [0.25, 0.3) is 10.9 Å². The topological polar surface area (TPSA) is 31.4 Å². The Bertz CT molecular complexity index is 1130. The maximum absolute atomic E-state index is 6.49. The molecule has 4 aromatic rings. The molecule has 28 heavy (non-hydrogen) atoms. The molecule has 0 saturated heterocycles. The minimum absolute atomic E-state index is 0.472. The van der Waals surface area contributed by atoms with E-state index in [4.69, 9.17) is 32.6 Å². The number of pyridine rings is 1. The normalized spacial score (nSPS) is 10.7. The van der Waals surface area contributed by atoms with Gasteiger partial charge in [0, 0.05) is 27.1 Å². The number of aromatic nitrogens is 1. The Morgan fingerprint density at radius 3 is 2.43 bits per heavy atom. The summed E-state index contributed by atoms with van der Waals surface area (Å²) in [5.74, 6) is 1.35. The molecule has 0 radical (unpaired) electrons. The Kier molecular flexibility index (Phi) is 5.42. The van der Waals surface area contributed by atoms with Gasteiger partial charge in [-0.05, 0) is 47.9 Å². The first kappa shape index (κ1) is 18.7. The molecule has 6 heteroatoms. The van der Waals surface area contributed by atoms with Crippen LogP contribution in [-0.2, 0) is 0 Å². The molecule has 4 rings (SSSR count). The van der Waals surface area contributed by atoms with E-state index in [0.29, 0.717) is 21.5 Å². The molecule has 1 heterocycles. The molecule has 3 nitrogen and oxygen atoms in total. The van der Waals surface area contributed by atoms with Gasteiger partial charge in [0.05, 0.1) is 7.11 Å². The van der Waals surface area contributed by atoms with Crippen LogP contribution >= 0.6 is 23.2 Å². The van der Waals surface area contributed by atoms with Crippen molar-refractivity contribution in [1.82, 2.24) is 4.98 Å². The smallest absolute Gasteiger partial charge is 0.430 e. The summed E-state index contributed by atoms with van der Waals surface area (Å²) in [6.07, 6.45) is 1.75. The number of halogens is 2. The van der Waals surface area contributed by atoms with Crippen LogP contribution in [0, 0.1) is 0 Å². The zero-order valence-corrected chi connectivity index (χ0v) is 16.6. The molecule has 0 aliphatic rings. The zero-order chi connectivity index (χ0) is 19.5. The van der Waals surface area contributed by atoms with Gasteiger partial charge in [-0.15, -0.1) is 0 Å². The number of hydrogen-bond donors (Lipinski definition) is 0. The quantitative estimate of drug-likeness (QED) is 0.448. The summed E-state index contributed by atoms with van der Waals surface area (Å²) in [6, 6.07) is 22.8. The molecule has 0 aliphatic heterocycles. The molecule has 138 valence electrons. The fourth-order valence-electron chi connectivity index (χ4n) is 3.19. The van der Waals surface area contributed by atoms with Gasteiger partial charge in [-0.1, -0.05) is 53.5 Å². The van der Waals surface area contributed by atoms with Crippen molar-refractivity contribution in [3.05, 3.63) is 89.0 Å². The highest BCUT2D eigenvalue weighted by molar-refractivity contribution is 6.81. The number of para-hydroxylation sites is 1. The van der Waals surface area contributed by atoms with Gasteiger partial charge in [0.25, 0.3) is 0 Å². The summed E-state index contributed by atoms with van der Waals surface area (Å²) in [4.78, 5) is 4.49. The SMILES string of the molecule is COc1ccc(Cl)cc1B(Oc1cccc2cccnc12)c1cccc(Cl)c1. The molecule has 0 saturated carbocycles. The van der Waals surface area contributed by atoms with Gasteiger partial charge in [-0.25, -0.2) is 0 Å². The predicted molar refractivity (Wildman–Crippen MR) is 117 cm³/mol. The fraction of sp³-hybridized carbons (Fsp3) is 0.0455. The summed E-state index contributed by atoms with van der Waals surface area (Å²) < 4.78 is 12.1. The van der Waals surface area contributed by atoms with Crippen molar-refractivity contribution in [1.29, 1.82) is 0 Å². The standard InChI is InChI=1S/C22H16BCl2NO2/c1-27-20-11-10-18(25)14-19(20)23(16-7-3-8-17(24)13-16)28-21-9-2-5-15-6-4-12-26-22(15)21/h2-14H,1H3. The Labute approximate surface area is 174 Å². The second-order valence-corrected chi connectivity index (χ2v) is 7.14. The van der Waals surface area contributed by atoms with E-state index in [1.165, 1.54) is 0 Å². The third-order valence-corrected chi connectivity index (χ3v) is 4.94. The number of ether oxygens (including phenoxy) is 1. The van der Waals surface area contributed by atoms with E-state index in [0.717, 1.165) is 21.8 Å². The molecule has 0 unspecified atom stereocenters. The van der Waals surface area contributed by atoms with E-state index in [1.54, 1.807) is 19.4 Å². The van der Waals surface area contributed by atoms with E-state index in [9.17, 15) is 0 Å². The lowest BCUT2D eigenvalue weighted by Crippen LogP contribution is -2.48. The molecular weight excluding hydrogens is 392 g/mol. The van der Waals surface area contributed by atoms with Gasteiger partial charge in [-0.3, -0.25) is 4.98 Å². The number of methoxy groups -OCH3 is 1. The second-order valence-electron chi connectivity index (χ2n) is 6.27. The van der Waals surface area contributed by atoms with Crippen molar-refractivity contribution < 1.29 is 9.39 Å². The summed E-state index contributed by atoms with van der Waals surface area (Å²) in [7, 11) is 1.63. The summed E-state index contributed by atoms with van der Waals surface area (Å²) >= 11 is 12.5. The van der Waals surface area contributed by atoms with Gasteiger partial charge in [-0.2, -0.15) is 0 Å². The van der Waals surface area contributed by atoms with Crippen LogP contribution in [-0.4, -0.2) is 19.0 Å². The van der Waals surface area contributed by atoms with Crippen LogP contribution in [0.4, 0.5) is 0 Å². The minimum Gasteiger partial charge on any atom is -0.550 e. The predicted octanol–water partition coefficient (Wildman–Crippen LogP) is 4.73. The number of benzene rings is 3. The molecule has 0 amide bonds. The van der Waals surface area contributed by atoms with Gasteiger partial charge in [0.15, 0.2) is 0 Å². The van der Waals surface area contributed by atoms with Gasteiger partial charge < -0.3 is 9.39 Å². The van der Waals surface area contributed by atoms with Crippen LogP contribution in [0.1, 0.15) is 0 Å². The first-order valence-electron chi connectivity index (χ1n) is 8.75. The maximum atomic E-state index is 6.49. The van der Waals surface area contributed by atoms with Crippen molar-refractivity contribution in [2.45, 2.75) is 0 Å². The van der Waals surface area contributed by atoms with E-state index in [2.05, 4.69) is 4.98 Å². The van der Waals surface area contributed by atoms with Crippen LogP contribution in [0.15, 0.2) is 79.0 Å². The highest BCUT2D eigenvalue weighted by atomic mass is 35.5. The molecule has 3 aromatic carbocycles. The lowest BCUT2D eigenvalue weighted by molar-refractivity contribution is 0.417. The van der Waals surface area contributed by atoms with Crippen molar-refractivity contribution >= 4 is 51.9 Å². The molecule has 0 N–H and O–H groups in total. The van der Waals surface area contributed by atoms with E-state index >= 15 is 0 Å². The average molecular weight is 408 g/mol. The summed E-state index contributed by atoms with van der Waals surface area (Å²) in [5.41, 5.74) is 2.49. The maximum Gasteiger partial charge on any atom is 0.430 e. The fourth-order valence-corrected chi connectivity index (χ4v) is 3.57. The van der Waals surface area contributed by atoms with Crippen molar-refractivity contribution in [3.63, 3.8) is 0 Å². The first-order valence-corrected chi connectivity index (χ1v) is 9.50. The number of hydrogen-bond acceptors (Lipinski definition) is 3. The molecule has 0 aliphatic carbocycles. The van der Waals surface area contributed by atoms with Crippen LogP contribution < -0.4 is 20.3 Å². The highest BCUT2D eigenvalue weighted by Gasteiger charge is 2.28. The van der Waals surface area contributed by atoms with Crippen molar-refractivity contribution in [2.75, 3.05) is 7.11 Å². The number of fused-ring (bicyclic) bond motifs is 1. The van der Waals surface area contributed by atoms with Crippen LogP contribution in [0.3, 0.4) is 0 Å². The van der Waals surface area contributed by atoms with Crippen molar-refractivity contribution in [3.8, 4) is 11.5 Å². The number of rotatable bonds is 5. The Hall–Kier alpha value is -2.69. The number of nitrogens with zero attached hydrogens (tertiary/aromatic N) is 1.